The number of aliphatic hydroxyl groups excluding tert-OH is 1. The highest BCUT2D eigenvalue weighted by atomic mass is 32.2. The predicted molar refractivity (Wildman–Crippen MR) is 74.6 cm³/mol. The number of hydrogen-bond donors (Lipinski definition) is 1. The molecule has 0 saturated carbocycles. The zero-order valence-electron chi connectivity index (χ0n) is 10.7. The van der Waals surface area contributed by atoms with Gasteiger partial charge in [0.2, 0.25) is 10.0 Å². The molecule has 0 atom stereocenters. The van der Waals surface area contributed by atoms with Crippen LogP contribution in [0.3, 0.4) is 0 Å². The second-order valence-corrected chi connectivity index (χ2v) is 7.55. The molecule has 0 amide bonds. The molecule has 8 heteroatoms. The predicted octanol–water partition coefficient (Wildman–Crippen LogP) is 0.393. The lowest BCUT2D eigenvalue weighted by molar-refractivity contribution is 0.277. The first kappa shape index (κ1) is 14.8. The number of aryl methyl sites for hydroxylation is 1. The molecule has 0 spiro atoms. The molecule has 1 aromatic heterocycles. The molecular weight excluding hydrogens is 286 g/mol. The fourth-order valence-electron chi connectivity index (χ4n) is 1.95. The van der Waals surface area contributed by atoms with E-state index in [1.165, 1.54) is 6.20 Å². The molecule has 1 aliphatic heterocycles. The summed E-state index contributed by atoms with van der Waals surface area (Å²) in [5, 5.41) is 12.8. The summed E-state index contributed by atoms with van der Waals surface area (Å²) in [4.78, 5) is 0.248. The van der Waals surface area contributed by atoms with Crippen molar-refractivity contribution >= 4 is 21.8 Å². The fourth-order valence-corrected chi connectivity index (χ4v) is 4.38. The molecule has 1 saturated heterocycles. The third-order valence-electron chi connectivity index (χ3n) is 2.97. The Kier molecular flexibility index (Phi) is 5.26. The number of aliphatic hydroxyl groups is 1. The minimum absolute atomic E-state index is 0.0747. The lowest BCUT2D eigenvalue weighted by Crippen LogP contribution is -2.32. The second kappa shape index (κ2) is 6.74. The second-order valence-electron chi connectivity index (χ2n) is 4.39. The zero-order valence-corrected chi connectivity index (χ0v) is 12.4. The van der Waals surface area contributed by atoms with E-state index in [1.54, 1.807) is 26.9 Å². The van der Waals surface area contributed by atoms with Crippen LogP contribution in [0.4, 0.5) is 0 Å². The molecule has 0 bridgehead atoms. The Hall–Kier alpha value is -0.570. The molecule has 2 heterocycles. The van der Waals surface area contributed by atoms with E-state index in [4.69, 9.17) is 5.11 Å². The van der Waals surface area contributed by atoms with Gasteiger partial charge in [0.25, 0.3) is 0 Å². The maximum absolute atomic E-state index is 12.4. The maximum Gasteiger partial charge on any atom is 0.246 e. The molecule has 0 unspecified atom stereocenters. The monoisotopic (exact) mass is 305 g/mol. The van der Waals surface area contributed by atoms with Gasteiger partial charge in [-0.3, -0.25) is 4.68 Å². The quantitative estimate of drug-likeness (QED) is 0.852. The average molecular weight is 305 g/mol. The van der Waals surface area contributed by atoms with Crippen LogP contribution in [0.25, 0.3) is 0 Å². The Morgan fingerprint density at radius 3 is 3.00 bits per heavy atom. The summed E-state index contributed by atoms with van der Waals surface area (Å²) in [7, 11) is -3.42. The van der Waals surface area contributed by atoms with Crippen LogP contribution in [0.5, 0.6) is 0 Å². The summed E-state index contributed by atoms with van der Waals surface area (Å²) < 4.78 is 28.0. The van der Waals surface area contributed by atoms with Crippen molar-refractivity contribution in [1.82, 2.24) is 14.1 Å². The van der Waals surface area contributed by atoms with Gasteiger partial charge >= 0.3 is 0 Å². The number of rotatable bonds is 5. The highest BCUT2D eigenvalue weighted by molar-refractivity contribution is 7.99. The minimum Gasteiger partial charge on any atom is -0.396 e. The summed E-state index contributed by atoms with van der Waals surface area (Å²) >= 11 is 1.79. The number of aromatic nitrogens is 2. The normalized spacial score (nSPS) is 18.4. The highest BCUT2D eigenvalue weighted by Crippen LogP contribution is 2.19. The van der Waals surface area contributed by atoms with Gasteiger partial charge in [0.1, 0.15) is 4.90 Å². The summed E-state index contributed by atoms with van der Waals surface area (Å²) in [5.41, 5.74) is 0. The third kappa shape index (κ3) is 3.71. The minimum atomic E-state index is -3.42. The molecule has 108 valence electrons. The number of thioether (sulfide) groups is 1. The van der Waals surface area contributed by atoms with Gasteiger partial charge in [0.15, 0.2) is 0 Å². The maximum atomic E-state index is 12.4. The summed E-state index contributed by atoms with van der Waals surface area (Å²) in [5.74, 6) is 1.86. The van der Waals surface area contributed by atoms with Gasteiger partial charge in [-0.05, 0) is 18.6 Å². The van der Waals surface area contributed by atoms with E-state index >= 15 is 0 Å². The fraction of sp³-hybridized carbons (Fsp3) is 0.727. The first-order valence-corrected chi connectivity index (χ1v) is 8.95. The Balaban J connectivity index is 2.11. The van der Waals surface area contributed by atoms with Crippen LogP contribution in [0, 0.1) is 0 Å². The Morgan fingerprint density at radius 1 is 1.37 bits per heavy atom. The van der Waals surface area contributed by atoms with E-state index < -0.39 is 10.0 Å². The standard InChI is InChI=1S/C11H19N3O3S2/c15-6-1-3-13-10-11(9-12-13)19(16,17)14-4-2-7-18-8-5-14/h9-10,15H,1-8H2. The summed E-state index contributed by atoms with van der Waals surface area (Å²) in [6.45, 7) is 1.75. The van der Waals surface area contributed by atoms with Crippen molar-refractivity contribution in [2.24, 2.45) is 0 Å². The average Bonchev–Trinajstić information content (AvgIpc) is 2.70. The molecular formula is C11H19N3O3S2. The molecule has 19 heavy (non-hydrogen) atoms. The first-order valence-electron chi connectivity index (χ1n) is 6.36. The molecule has 1 fully saturated rings. The highest BCUT2D eigenvalue weighted by Gasteiger charge is 2.26. The first-order chi connectivity index (χ1) is 9.14. The molecule has 0 aromatic carbocycles. The van der Waals surface area contributed by atoms with Crippen LogP contribution in [0.15, 0.2) is 17.3 Å². The summed E-state index contributed by atoms with van der Waals surface area (Å²) in [6, 6.07) is 0. The van der Waals surface area contributed by atoms with Crippen LogP contribution in [0.2, 0.25) is 0 Å². The molecule has 0 radical (unpaired) electrons. The number of hydrogen-bond acceptors (Lipinski definition) is 5. The smallest absolute Gasteiger partial charge is 0.246 e. The van der Waals surface area contributed by atoms with E-state index in [-0.39, 0.29) is 11.5 Å². The van der Waals surface area contributed by atoms with E-state index in [0.29, 0.717) is 26.1 Å². The van der Waals surface area contributed by atoms with Crippen molar-refractivity contribution in [2.45, 2.75) is 24.3 Å². The van der Waals surface area contributed by atoms with Crippen molar-refractivity contribution in [2.75, 3.05) is 31.2 Å². The molecule has 1 N–H and O–H groups in total. The van der Waals surface area contributed by atoms with Gasteiger partial charge in [-0.2, -0.15) is 21.2 Å². The Labute approximate surface area is 117 Å². The van der Waals surface area contributed by atoms with Crippen LogP contribution < -0.4 is 0 Å². The third-order valence-corrected chi connectivity index (χ3v) is 5.87. The zero-order chi connectivity index (χ0) is 13.7. The van der Waals surface area contributed by atoms with Crippen LogP contribution in [-0.4, -0.2) is 58.8 Å². The lowest BCUT2D eigenvalue weighted by Gasteiger charge is -2.18. The number of nitrogens with zero attached hydrogens (tertiary/aromatic N) is 3. The van der Waals surface area contributed by atoms with Gasteiger partial charge < -0.3 is 5.11 Å². The SMILES string of the molecule is O=S(=O)(c1cnn(CCCO)c1)N1CCCSCC1. The summed E-state index contributed by atoms with van der Waals surface area (Å²) in [6.07, 6.45) is 4.40. The van der Waals surface area contributed by atoms with Crippen molar-refractivity contribution in [3.63, 3.8) is 0 Å². The largest absolute Gasteiger partial charge is 0.396 e. The van der Waals surface area contributed by atoms with Crippen molar-refractivity contribution in [3.05, 3.63) is 12.4 Å². The van der Waals surface area contributed by atoms with Crippen LogP contribution >= 0.6 is 11.8 Å². The van der Waals surface area contributed by atoms with Gasteiger partial charge in [-0.15, -0.1) is 0 Å². The van der Waals surface area contributed by atoms with Crippen LogP contribution in [-0.2, 0) is 16.6 Å². The van der Waals surface area contributed by atoms with E-state index in [9.17, 15) is 8.42 Å². The molecule has 2 rings (SSSR count). The van der Waals surface area contributed by atoms with Gasteiger partial charge in [0, 0.05) is 38.2 Å². The topological polar surface area (TPSA) is 75.4 Å². The van der Waals surface area contributed by atoms with Gasteiger partial charge in [0.05, 0.1) is 6.20 Å². The molecule has 0 aliphatic carbocycles. The molecule has 1 aliphatic rings. The Bertz CT molecular complexity index is 493. The van der Waals surface area contributed by atoms with Gasteiger partial charge in [-0.25, -0.2) is 8.42 Å². The van der Waals surface area contributed by atoms with Crippen molar-refractivity contribution < 1.29 is 13.5 Å². The molecule has 6 nitrogen and oxygen atoms in total. The van der Waals surface area contributed by atoms with Crippen LogP contribution in [0.1, 0.15) is 12.8 Å². The lowest BCUT2D eigenvalue weighted by atomic mass is 10.5. The number of sulfonamides is 1. The van der Waals surface area contributed by atoms with Crippen molar-refractivity contribution in [3.8, 4) is 0 Å². The van der Waals surface area contributed by atoms with E-state index in [2.05, 4.69) is 5.10 Å². The van der Waals surface area contributed by atoms with Gasteiger partial charge in [-0.1, -0.05) is 0 Å². The van der Waals surface area contributed by atoms with E-state index in [0.717, 1.165) is 17.9 Å². The molecule has 1 aromatic rings. The van der Waals surface area contributed by atoms with E-state index in [1.807, 2.05) is 0 Å². The Morgan fingerprint density at radius 2 is 2.21 bits per heavy atom. The van der Waals surface area contributed by atoms with Crippen molar-refractivity contribution in [1.29, 1.82) is 0 Å².